The summed E-state index contributed by atoms with van der Waals surface area (Å²) < 4.78 is 5.30. The number of carbonyl (C=O) groups excluding carboxylic acids is 1. The molecule has 8 heteroatoms. The van der Waals surface area contributed by atoms with Crippen molar-refractivity contribution in [2.75, 3.05) is 11.9 Å². The van der Waals surface area contributed by atoms with E-state index >= 15 is 0 Å². The van der Waals surface area contributed by atoms with Gasteiger partial charge in [-0.15, -0.1) is 0 Å². The van der Waals surface area contributed by atoms with Crippen LogP contribution in [-0.4, -0.2) is 27.7 Å². The smallest absolute Gasteiger partial charge is 0.336 e. The van der Waals surface area contributed by atoms with Crippen LogP contribution in [0.15, 0.2) is 41.7 Å². The number of ether oxygens (including phenoxy) is 1. The number of esters is 1. The number of rotatable bonds is 5. The Labute approximate surface area is 149 Å². The summed E-state index contributed by atoms with van der Waals surface area (Å²) in [4.78, 5) is 24.0. The Morgan fingerprint density at radius 3 is 2.81 bits per heavy atom. The molecule has 0 saturated heterocycles. The van der Waals surface area contributed by atoms with Crippen LogP contribution in [-0.2, 0) is 9.53 Å². The fourth-order valence-corrected chi connectivity index (χ4v) is 3.48. The molecule has 0 bridgehead atoms. The zero-order chi connectivity index (χ0) is 18.3. The molecule has 1 aliphatic carbocycles. The molecule has 1 unspecified atom stereocenters. The molecule has 0 spiro atoms. The van der Waals surface area contributed by atoms with Crippen LogP contribution in [0.4, 0.5) is 11.5 Å². The Bertz CT molecular complexity index is 913. The Morgan fingerprint density at radius 1 is 1.35 bits per heavy atom. The van der Waals surface area contributed by atoms with Crippen molar-refractivity contribution >= 4 is 17.5 Å². The van der Waals surface area contributed by atoms with E-state index in [0.717, 1.165) is 18.5 Å². The zero-order valence-electron chi connectivity index (χ0n) is 14.2. The molecule has 1 saturated carbocycles. The van der Waals surface area contributed by atoms with E-state index in [1.165, 1.54) is 6.07 Å². The number of nitro benzene ring substituents is 1. The first-order valence-electron chi connectivity index (χ1n) is 8.57. The van der Waals surface area contributed by atoms with E-state index in [1.54, 1.807) is 31.3 Å². The summed E-state index contributed by atoms with van der Waals surface area (Å²) in [5, 5.41) is 21.8. The molecule has 8 nitrogen and oxygen atoms in total. The van der Waals surface area contributed by atoms with Gasteiger partial charge < -0.3 is 10.1 Å². The molecular formula is C18H18N4O4. The van der Waals surface area contributed by atoms with Crippen molar-refractivity contribution in [1.29, 1.82) is 0 Å². The molecule has 26 heavy (non-hydrogen) atoms. The lowest BCUT2D eigenvalue weighted by Gasteiger charge is -2.28. The van der Waals surface area contributed by atoms with Crippen LogP contribution in [0.2, 0.25) is 0 Å². The lowest BCUT2D eigenvalue weighted by Crippen LogP contribution is -2.26. The second-order valence-electron chi connectivity index (χ2n) is 6.39. The van der Waals surface area contributed by atoms with Gasteiger partial charge in [-0.3, -0.25) is 15.2 Å². The van der Waals surface area contributed by atoms with Gasteiger partial charge in [0, 0.05) is 29.1 Å². The van der Waals surface area contributed by atoms with Crippen molar-refractivity contribution in [3.63, 3.8) is 0 Å². The Morgan fingerprint density at radius 2 is 2.12 bits per heavy atom. The monoisotopic (exact) mass is 354 g/mol. The lowest BCUT2D eigenvalue weighted by atomic mass is 9.81. The van der Waals surface area contributed by atoms with Crippen molar-refractivity contribution in [3.05, 3.63) is 63.0 Å². The molecule has 1 fully saturated rings. The highest BCUT2D eigenvalue weighted by atomic mass is 16.6. The molecule has 2 aliphatic rings. The quantitative estimate of drug-likeness (QED) is 0.485. The van der Waals surface area contributed by atoms with Gasteiger partial charge in [0.15, 0.2) is 5.82 Å². The van der Waals surface area contributed by atoms with Crippen LogP contribution in [0.1, 0.15) is 36.8 Å². The maximum Gasteiger partial charge on any atom is 0.336 e. The minimum absolute atomic E-state index is 0.0245. The van der Waals surface area contributed by atoms with Crippen molar-refractivity contribution in [1.82, 2.24) is 10.2 Å². The van der Waals surface area contributed by atoms with Gasteiger partial charge in [0.2, 0.25) is 0 Å². The average molecular weight is 354 g/mol. The SMILES string of the molecule is CCOC(=O)C1=C(C2CC2)Nc2n[nH]cc2C1c1ccccc1[N+](=O)[O-]. The van der Waals surface area contributed by atoms with Crippen molar-refractivity contribution in [2.45, 2.75) is 25.7 Å². The predicted octanol–water partition coefficient (Wildman–Crippen LogP) is 3.10. The van der Waals surface area contributed by atoms with E-state index in [1.807, 2.05) is 0 Å². The summed E-state index contributed by atoms with van der Waals surface area (Å²) >= 11 is 0. The van der Waals surface area contributed by atoms with E-state index < -0.39 is 16.8 Å². The number of anilines is 1. The molecule has 1 aromatic heterocycles. The van der Waals surface area contributed by atoms with Gasteiger partial charge in [-0.1, -0.05) is 18.2 Å². The largest absolute Gasteiger partial charge is 0.463 e. The molecular weight excluding hydrogens is 336 g/mol. The first-order chi connectivity index (χ1) is 12.6. The van der Waals surface area contributed by atoms with Crippen molar-refractivity contribution in [3.8, 4) is 0 Å². The molecule has 2 aromatic rings. The third-order valence-electron chi connectivity index (χ3n) is 4.74. The second kappa shape index (κ2) is 6.29. The third-order valence-corrected chi connectivity index (χ3v) is 4.74. The predicted molar refractivity (Wildman–Crippen MR) is 93.5 cm³/mol. The Hall–Kier alpha value is -3.16. The molecule has 0 amide bonds. The second-order valence-corrected chi connectivity index (χ2v) is 6.39. The topological polar surface area (TPSA) is 110 Å². The van der Waals surface area contributed by atoms with Gasteiger partial charge in [-0.25, -0.2) is 4.79 Å². The lowest BCUT2D eigenvalue weighted by molar-refractivity contribution is -0.385. The van der Waals surface area contributed by atoms with Gasteiger partial charge in [-0.2, -0.15) is 5.10 Å². The molecule has 2 N–H and O–H groups in total. The highest BCUT2D eigenvalue weighted by molar-refractivity contribution is 5.95. The molecule has 1 aliphatic heterocycles. The van der Waals surface area contributed by atoms with E-state index in [0.29, 0.717) is 22.5 Å². The summed E-state index contributed by atoms with van der Waals surface area (Å²) in [5.41, 5.74) is 2.35. The first kappa shape index (κ1) is 16.3. The third kappa shape index (κ3) is 2.63. The van der Waals surface area contributed by atoms with Crippen LogP contribution in [0.5, 0.6) is 0 Å². The van der Waals surface area contributed by atoms with Crippen LogP contribution in [0.25, 0.3) is 0 Å². The summed E-state index contributed by atoms with van der Waals surface area (Å²) in [6.45, 7) is 1.98. The van der Waals surface area contributed by atoms with Gasteiger partial charge >= 0.3 is 5.97 Å². The maximum atomic E-state index is 12.8. The fraction of sp³-hybridized carbons (Fsp3) is 0.333. The number of allylic oxidation sites excluding steroid dienone is 1. The van der Waals surface area contributed by atoms with Crippen LogP contribution < -0.4 is 5.32 Å². The minimum atomic E-state index is -0.596. The van der Waals surface area contributed by atoms with Crippen LogP contribution in [0, 0.1) is 16.0 Å². The van der Waals surface area contributed by atoms with E-state index in [-0.39, 0.29) is 18.2 Å². The van der Waals surface area contributed by atoms with Gasteiger partial charge in [-0.05, 0) is 25.7 Å². The Kier molecular flexibility index (Phi) is 3.95. The van der Waals surface area contributed by atoms with Crippen molar-refractivity contribution < 1.29 is 14.5 Å². The fourth-order valence-electron chi connectivity index (χ4n) is 3.48. The number of nitrogens with zero attached hydrogens (tertiary/aromatic N) is 2. The number of hydrogen-bond donors (Lipinski definition) is 2. The van der Waals surface area contributed by atoms with Gasteiger partial charge in [0.25, 0.3) is 5.69 Å². The number of nitrogens with one attached hydrogen (secondary N) is 2. The minimum Gasteiger partial charge on any atom is -0.463 e. The normalized spacial score (nSPS) is 18.9. The van der Waals surface area contributed by atoms with Crippen LogP contribution in [0.3, 0.4) is 0 Å². The summed E-state index contributed by atoms with van der Waals surface area (Å²) in [6.07, 6.45) is 3.61. The molecule has 0 radical (unpaired) electrons. The number of carbonyl (C=O) groups is 1. The zero-order valence-corrected chi connectivity index (χ0v) is 14.2. The average Bonchev–Trinajstić information content (AvgIpc) is 3.38. The van der Waals surface area contributed by atoms with Crippen LogP contribution >= 0.6 is 0 Å². The number of aromatic amines is 1. The van der Waals surface area contributed by atoms with E-state index in [4.69, 9.17) is 4.74 Å². The first-order valence-corrected chi connectivity index (χ1v) is 8.57. The number of aromatic nitrogens is 2. The maximum absolute atomic E-state index is 12.8. The molecule has 2 heterocycles. The Balaban J connectivity index is 1.94. The number of para-hydroxylation sites is 1. The standard InChI is InChI=1S/C18H18N4O4/c1-2-26-18(23)15-14(11-5-3-4-6-13(11)22(24)25)12-9-19-21-17(12)20-16(15)10-7-8-10/h3-6,9-10,14H,2,7-8H2,1H3,(H2,19,20,21). The number of benzene rings is 1. The highest BCUT2D eigenvalue weighted by Gasteiger charge is 2.42. The molecule has 1 aromatic carbocycles. The van der Waals surface area contributed by atoms with Gasteiger partial charge in [0.1, 0.15) is 0 Å². The number of fused-ring (bicyclic) bond motifs is 1. The van der Waals surface area contributed by atoms with Crippen molar-refractivity contribution in [2.24, 2.45) is 5.92 Å². The van der Waals surface area contributed by atoms with Gasteiger partial charge in [0.05, 0.1) is 23.0 Å². The van der Waals surface area contributed by atoms with E-state index in [9.17, 15) is 14.9 Å². The van der Waals surface area contributed by atoms with E-state index in [2.05, 4.69) is 15.5 Å². The summed E-state index contributed by atoms with van der Waals surface area (Å²) in [5.74, 6) is -0.217. The highest BCUT2D eigenvalue weighted by Crippen LogP contribution is 2.49. The molecule has 1 atom stereocenters. The summed E-state index contributed by atoms with van der Waals surface area (Å²) in [6, 6.07) is 6.50. The molecule has 4 rings (SSSR count). The number of hydrogen-bond acceptors (Lipinski definition) is 6. The summed E-state index contributed by atoms with van der Waals surface area (Å²) in [7, 11) is 0. The molecule has 134 valence electrons. The number of nitro groups is 1. The number of H-pyrrole nitrogens is 1.